The summed E-state index contributed by atoms with van der Waals surface area (Å²) in [5.41, 5.74) is 1.98. The standard InChI is InChI=1S/C20H29N3O2.2ClH/c24-19(23-10-11-25-20(15-23)5-8-21-9-6-20)18-3-1-2-16(13-18)12-17-4-7-22-14-17;;/h1-3,13,17,21-22H,4-12,14-15H2;2*1H. The number of morpholine rings is 1. The van der Waals surface area contributed by atoms with E-state index in [-0.39, 0.29) is 36.3 Å². The van der Waals surface area contributed by atoms with Crippen molar-refractivity contribution in [3.05, 3.63) is 35.4 Å². The van der Waals surface area contributed by atoms with E-state index in [0.29, 0.717) is 19.1 Å². The summed E-state index contributed by atoms with van der Waals surface area (Å²) >= 11 is 0. The molecule has 1 aromatic carbocycles. The Morgan fingerprint density at radius 3 is 2.74 bits per heavy atom. The van der Waals surface area contributed by atoms with Crippen LogP contribution in [0.25, 0.3) is 0 Å². The zero-order valence-electron chi connectivity index (χ0n) is 15.7. The van der Waals surface area contributed by atoms with E-state index in [0.717, 1.165) is 57.5 Å². The van der Waals surface area contributed by atoms with Gasteiger partial charge in [-0.05, 0) is 75.5 Å². The van der Waals surface area contributed by atoms with Crippen LogP contribution in [0.2, 0.25) is 0 Å². The third-order valence-corrected chi connectivity index (χ3v) is 5.91. The summed E-state index contributed by atoms with van der Waals surface area (Å²) in [7, 11) is 0. The van der Waals surface area contributed by atoms with Gasteiger partial charge in [-0.25, -0.2) is 0 Å². The van der Waals surface area contributed by atoms with Crippen LogP contribution in [0.3, 0.4) is 0 Å². The van der Waals surface area contributed by atoms with Crippen LogP contribution in [-0.2, 0) is 11.2 Å². The smallest absolute Gasteiger partial charge is 0.254 e. The third kappa shape index (κ3) is 5.36. The Morgan fingerprint density at radius 2 is 2.00 bits per heavy atom. The molecule has 27 heavy (non-hydrogen) atoms. The molecule has 3 saturated heterocycles. The number of nitrogens with zero attached hydrogens (tertiary/aromatic N) is 1. The summed E-state index contributed by atoms with van der Waals surface area (Å²) in [5.74, 6) is 0.861. The van der Waals surface area contributed by atoms with Gasteiger partial charge in [0.2, 0.25) is 0 Å². The quantitative estimate of drug-likeness (QED) is 0.794. The van der Waals surface area contributed by atoms with Crippen molar-refractivity contribution < 1.29 is 9.53 Å². The highest BCUT2D eigenvalue weighted by molar-refractivity contribution is 5.94. The van der Waals surface area contributed by atoms with Crippen LogP contribution < -0.4 is 10.6 Å². The van der Waals surface area contributed by atoms with Crippen molar-refractivity contribution >= 4 is 30.7 Å². The molecular formula is C20H31Cl2N3O2. The van der Waals surface area contributed by atoms with Gasteiger partial charge in [0.15, 0.2) is 0 Å². The molecule has 3 aliphatic rings. The first-order chi connectivity index (χ1) is 12.2. The van der Waals surface area contributed by atoms with Crippen molar-refractivity contribution in [3.8, 4) is 0 Å². The van der Waals surface area contributed by atoms with Crippen molar-refractivity contribution in [2.45, 2.75) is 31.3 Å². The predicted molar refractivity (Wildman–Crippen MR) is 112 cm³/mol. The molecule has 2 N–H and O–H groups in total. The maximum Gasteiger partial charge on any atom is 0.254 e. The lowest BCUT2D eigenvalue weighted by atomic mass is 9.90. The molecule has 5 nitrogen and oxygen atoms in total. The van der Waals surface area contributed by atoms with Crippen LogP contribution in [0, 0.1) is 5.92 Å². The molecule has 1 spiro atoms. The van der Waals surface area contributed by atoms with Crippen molar-refractivity contribution in [2.24, 2.45) is 5.92 Å². The van der Waals surface area contributed by atoms with Gasteiger partial charge in [-0.1, -0.05) is 12.1 Å². The Bertz CT molecular complexity index is 611. The molecule has 3 fully saturated rings. The third-order valence-electron chi connectivity index (χ3n) is 5.91. The van der Waals surface area contributed by atoms with Gasteiger partial charge in [0.25, 0.3) is 5.91 Å². The number of ether oxygens (including phenoxy) is 1. The SMILES string of the molecule is Cl.Cl.O=C(c1cccc(CC2CCNC2)c1)N1CCOC2(CCNCC2)C1. The lowest BCUT2D eigenvalue weighted by Crippen LogP contribution is -2.57. The van der Waals surface area contributed by atoms with Crippen LogP contribution in [0.1, 0.15) is 35.2 Å². The molecule has 3 heterocycles. The molecular weight excluding hydrogens is 385 g/mol. The van der Waals surface area contributed by atoms with Gasteiger partial charge in [-0.15, -0.1) is 24.8 Å². The number of piperidine rings is 1. The van der Waals surface area contributed by atoms with Gasteiger partial charge >= 0.3 is 0 Å². The fourth-order valence-corrected chi connectivity index (χ4v) is 4.44. The number of carbonyl (C=O) groups excluding carboxylic acids is 1. The van der Waals surface area contributed by atoms with E-state index in [4.69, 9.17) is 4.74 Å². The largest absolute Gasteiger partial charge is 0.371 e. The van der Waals surface area contributed by atoms with E-state index < -0.39 is 0 Å². The molecule has 0 aliphatic carbocycles. The molecule has 0 bridgehead atoms. The summed E-state index contributed by atoms with van der Waals surface area (Å²) in [5, 5.41) is 6.81. The number of amides is 1. The summed E-state index contributed by atoms with van der Waals surface area (Å²) in [4.78, 5) is 15.1. The average molecular weight is 416 g/mol. The summed E-state index contributed by atoms with van der Waals surface area (Å²) in [6, 6.07) is 8.25. The van der Waals surface area contributed by atoms with Gasteiger partial charge in [0, 0.05) is 12.1 Å². The lowest BCUT2D eigenvalue weighted by Gasteiger charge is -2.45. The van der Waals surface area contributed by atoms with Crippen LogP contribution >= 0.6 is 24.8 Å². The minimum Gasteiger partial charge on any atom is -0.371 e. The summed E-state index contributed by atoms with van der Waals surface area (Å²) in [6.07, 6.45) is 4.28. The molecule has 152 valence electrons. The number of carbonyl (C=O) groups is 1. The highest BCUT2D eigenvalue weighted by Crippen LogP contribution is 2.28. The van der Waals surface area contributed by atoms with E-state index in [1.807, 2.05) is 17.0 Å². The Labute approximate surface area is 174 Å². The number of rotatable bonds is 3. The van der Waals surface area contributed by atoms with Gasteiger partial charge in [-0.3, -0.25) is 4.79 Å². The first-order valence-corrected chi connectivity index (χ1v) is 9.68. The topological polar surface area (TPSA) is 53.6 Å². The summed E-state index contributed by atoms with van der Waals surface area (Å²) in [6.45, 7) is 6.25. The number of halogens is 2. The highest BCUT2D eigenvalue weighted by Gasteiger charge is 2.39. The summed E-state index contributed by atoms with van der Waals surface area (Å²) < 4.78 is 6.09. The van der Waals surface area contributed by atoms with E-state index in [1.54, 1.807) is 0 Å². The van der Waals surface area contributed by atoms with Gasteiger partial charge in [0.05, 0.1) is 18.8 Å². The van der Waals surface area contributed by atoms with Gasteiger partial charge < -0.3 is 20.3 Å². The maximum absolute atomic E-state index is 13.1. The first-order valence-electron chi connectivity index (χ1n) is 9.68. The Hall–Kier alpha value is -0.850. The second-order valence-corrected chi connectivity index (χ2v) is 7.77. The minimum atomic E-state index is -0.133. The number of hydrogen-bond donors (Lipinski definition) is 2. The Kier molecular flexibility index (Phi) is 8.38. The molecule has 7 heteroatoms. The zero-order valence-corrected chi connectivity index (χ0v) is 17.4. The monoisotopic (exact) mass is 415 g/mol. The number of hydrogen-bond acceptors (Lipinski definition) is 4. The van der Waals surface area contributed by atoms with Crippen LogP contribution in [0.15, 0.2) is 24.3 Å². The molecule has 1 aromatic rings. The Morgan fingerprint density at radius 1 is 1.19 bits per heavy atom. The van der Waals surface area contributed by atoms with Crippen molar-refractivity contribution in [1.82, 2.24) is 15.5 Å². The average Bonchev–Trinajstić information content (AvgIpc) is 3.15. The molecule has 1 amide bonds. The van der Waals surface area contributed by atoms with Crippen LogP contribution in [0.4, 0.5) is 0 Å². The molecule has 0 aromatic heterocycles. The molecule has 0 saturated carbocycles. The molecule has 1 atom stereocenters. The Balaban J connectivity index is 0.00000131. The number of benzene rings is 1. The maximum atomic E-state index is 13.1. The second-order valence-electron chi connectivity index (χ2n) is 7.77. The fraction of sp³-hybridized carbons (Fsp3) is 0.650. The first kappa shape index (κ1) is 22.4. The van der Waals surface area contributed by atoms with E-state index in [1.165, 1.54) is 12.0 Å². The van der Waals surface area contributed by atoms with Gasteiger partial charge in [-0.2, -0.15) is 0 Å². The van der Waals surface area contributed by atoms with Gasteiger partial charge in [0.1, 0.15) is 0 Å². The van der Waals surface area contributed by atoms with E-state index in [2.05, 4.69) is 22.8 Å². The predicted octanol–water partition coefficient (Wildman–Crippen LogP) is 2.28. The normalized spacial score (nSPS) is 24.1. The lowest BCUT2D eigenvalue weighted by molar-refractivity contribution is -0.114. The molecule has 1 unspecified atom stereocenters. The molecule has 0 radical (unpaired) electrons. The molecule has 3 aliphatic heterocycles. The van der Waals surface area contributed by atoms with Crippen molar-refractivity contribution in [3.63, 3.8) is 0 Å². The van der Waals surface area contributed by atoms with E-state index >= 15 is 0 Å². The zero-order chi connectivity index (χ0) is 17.1. The highest BCUT2D eigenvalue weighted by atomic mass is 35.5. The second kappa shape index (κ2) is 10.1. The molecule has 4 rings (SSSR count). The van der Waals surface area contributed by atoms with Crippen LogP contribution in [-0.4, -0.2) is 62.3 Å². The van der Waals surface area contributed by atoms with Crippen molar-refractivity contribution in [2.75, 3.05) is 45.9 Å². The van der Waals surface area contributed by atoms with E-state index in [9.17, 15) is 4.79 Å². The van der Waals surface area contributed by atoms with Crippen LogP contribution in [0.5, 0.6) is 0 Å². The minimum absolute atomic E-state index is 0. The van der Waals surface area contributed by atoms with Crippen molar-refractivity contribution in [1.29, 1.82) is 0 Å². The number of nitrogens with one attached hydrogen (secondary N) is 2. The fourth-order valence-electron chi connectivity index (χ4n) is 4.44.